The molecule has 0 aliphatic carbocycles. The van der Waals surface area contributed by atoms with Gasteiger partial charge in [0.25, 0.3) is 0 Å². The maximum absolute atomic E-state index is 10.9. The van der Waals surface area contributed by atoms with Crippen molar-refractivity contribution in [3.8, 4) is 0 Å². The Hall–Kier alpha value is -0.780. The highest BCUT2D eigenvalue weighted by Crippen LogP contribution is 2.19. The van der Waals surface area contributed by atoms with Gasteiger partial charge in [0, 0.05) is 6.42 Å². The number of hydrogen-bond donors (Lipinski definition) is 3. The summed E-state index contributed by atoms with van der Waals surface area (Å²) in [6.07, 6.45) is -3.00. The monoisotopic (exact) mass is 190 g/mol. The lowest BCUT2D eigenvalue weighted by molar-refractivity contribution is -0.168. The molecule has 0 aromatic rings. The zero-order chi connectivity index (χ0) is 10.6. The molecule has 3 atom stereocenters. The molecule has 76 valence electrons. The average Bonchev–Trinajstić information content (AvgIpc) is 2.02. The summed E-state index contributed by atoms with van der Waals surface area (Å²) in [5.74, 6) is -0.767. The molecule has 0 aromatic heterocycles. The Morgan fingerprint density at radius 2 is 2.00 bits per heavy atom. The van der Waals surface area contributed by atoms with Crippen molar-refractivity contribution in [2.45, 2.75) is 38.1 Å². The third-order valence-corrected chi connectivity index (χ3v) is 2.03. The van der Waals surface area contributed by atoms with E-state index in [-0.39, 0.29) is 6.42 Å². The van der Waals surface area contributed by atoms with Crippen LogP contribution in [0.25, 0.3) is 0 Å². The van der Waals surface area contributed by atoms with Crippen LogP contribution < -0.4 is 0 Å². The van der Waals surface area contributed by atoms with Crippen LogP contribution in [0.2, 0.25) is 0 Å². The number of ketones is 1. The lowest BCUT2D eigenvalue weighted by atomic mass is 9.86. The molecule has 0 heterocycles. The number of aliphatic hydroxyl groups is 3. The second-order valence-corrected chi connectivity index (χ2v) is 2.98. The summed E-state index contributed by atoms with van der Waals surface area (Å²) in [4.78, 5) is 21.0. The van der Waals surface area contributed by atoms with Gasteiger partial charge < -0.3 is 20.1 Å². The quantitative estimate of drug-likeness (QED) is 0.465. The van der Waals surface area contributed by atoms with Crippen molar-refractivity contribution in [2.75, 3.05) is 0 Å². The molecule has 0 unspecified atom stereocenters. The van der Waals surface area contributed by atoms with Crippen LogP contribution in [0.15, 0.2) is 0 Å². The fourth-order valence-corrected chi connectivity index (χ4v) is 1.08. The Balaban J connectivity index is 4.77. The van der Waals surface area contributed by atoms with Crippen molar-refractivity contribution >= 4 is 12.1 Å². The third-order valence-electron chi connectivity index (χ3n) is 2.03. The maximum atomic E-state index is 10.9. The van der Waals surface area contributed by atoms with Gasteiger partial charge in [-0.15, -0.1) is 0 Å². The molecule has 0 radical (unpaired) electrons. The Labute approximate surface area is 76.0 Å². The number of hydrogen-bond acceptors (Lipinski definition) is 5. The van der Waals surface area contributed by atoms with Crippen LogP contribution in [0.3, 0.4) is 0 Å². The molecule has 0 amide bonds. The van der Waals surface area contributed by atoms with E-state index in [0.29, 0.717) is 6.29 Å². The summed E-state index contributed by atoms with van der Waals surface area (Å²) in [7, 11) is 0. The van der Waals surface area contributed by atoms with E-state index in [1.165, 1.54) is 6.92 Å². The van der Waals surface area contributed by atoms with E-state index in [1.807, 2.05) is 0 Å². The van der Waals surface area contributed by atoms with Gasteiger partial charge in [-0.3, -0.25) is 4.79 Å². The zero-order valence-electron chi connectivity index (χ0n) is 7.60. The minimum atomic E-state index is -2.25. The predicted molar refractivity (Wildman–Crippen MR) is 44.0 cm³/mol. The predicted octanol–water partition coefficient (Wildman–Crippen LogP) is -1.36. The second-order valence-electron chi connectivity index (χ2n) is 2.98. The first-order valence-electron chi connectivity index (χ1n) is 3.90. The van der Waals surface area contributed by atoms with E-state index in [2.05, 4.69) is 0 Å². The van der Waals surface area contributed by atoms with E-state index < -0.39 is 23.6 Å². The van der Waals surface area contributed by atoms with Crippen molar-refractivity contribution < 1.29 is 24.9 Å². The highest BCUT2D eigenvalue weighted by Gasteiger charge is 2.44. The standard InChI is InChI=1S/C8H14O5/c1-5(10)8(13,6(2)11)7(12)3-4-9/h4-5,7,10,12-13H,3H2,1-2H3/t5-,7+,8-/m1/s1. The summed E-state index contributed by atoms with van der Waals surface area (Å²) in [6.45, 7) is 2.22. The van der Waals surface area contributed by atoms with Gasteiger partial charge >= 0.3 is 0 Å². The summed E-state index contributed by atoms with van der Waals surface area (Å²) in [5, 5.41) is 27.9. The van der Waals surface area contributed by atoms with Gasteiger partial charge in [-0.05, 0) is 13.8 Å². The normalized spacial score (nSPS) is 20.1. The molecule has 0 fully saturated rings. The van der Waals surface area contributed by atoms with Gasteiger partial charge in [0.1, 0.15) is 6.29 Å². The number of Topliss-reactive ketones (excluding diaryl/α,β-unsaturated/α-hetero) is 1. The van der Waals surface area contributed by atoms with E-state index in [1.54, 1.807) is 0 Å². The van der Waals surface area contributed by atoms with Crippen molar-refractivity contribution in [2.24, 2.45) is 0 Å². The molecule has 0 bridgehead atoms. The van der Waals surface area contributed by atoms with Crippen molar-refractivity contribution in [1.82, 2.24) is 0 Å². The van der Waals surface area contributed by atoms with Crippen LogP contribution in [-0.4, -0.2) is 45.2 Å². The minimum Gasteiger partial charge on any atom is -0.390 e. The van der Waals surface area contributed by atoms with Crippen LogP contribution in [0, 0.1) is 0 Å². The van der Waals surface area contributed by atoms with Gasteiger partial charge in [-0.1, -0.05) is 0 Å². The van der Waals surface area contributed by atoms with Crippen molar-refractivity contribution in [3.05, 3.63) is 0 Å². The second kappa shape index (κ2) is 4.45. The number of carbonyl (C=O) groups is 2. The Morgan fingerprint density at radius 3 is 2.23 bits per heavy atom. The van der Waals surface area contributed by atoms with Gasteiger partial charge in [0.15, 0.2) is 11.4 Å². The highest BCUT2D eigenvalue weighted by atomic mass is 16.4. The molecular weight excluding hydrogens is 176 g/mol. The first-order valence-corrected chi connectivity index (χ1v) is 3.90. The highest BCUT2D eigenvalue weighted by molar-refractivity contribution is 5.86. The zero-order valence-corrected chi connectivity index (χ0v) is 7.60. The van der Waals surface area contributed by atoms with Gasteiger partial charge in [-0.25, -0.2) is 0 Å². The molecule has 0 saturated heterocycles. The average molecular weight is 190 g/mol. The molecule has 0 aliphatic heterocycles. The Bertz CT molecular complexity index is 201. The van der Waals surface area contributed by atoms with Crippen LogP contribution in [0.1, 0.15) is 20.3 Å². The molecule has 0 aromatic carbocycles. The molecule has 5 heteroatoms. The van der Waals surface area contributed by atoms with Crippen LogP contribution in [0.4, 0.5) is 0 Å². The van der Waals surface area contributed by atoms with Crippen LogP contribution >= 0.6 is 0 Å². The third kappa shape index (κ3) is 2.33. The van der Waals surface area contributed by atoms with Crippen LogP contribution in [-0.2, 0) is 9.59 Å². The van der Waals surface area contributed by atoms with E-state index >= 15 is 0 Å². The number of rotatable bonds is 5. The molecule has 3 N–H and O–H groups in total. The molecule has 0 aliphatic rings. The SMILES string of the molecule is CC(=O)[C@](O)([C@@H](C)O)[C@@H](O)CC=O. The Kier molecular flexibility index (Phi) is 4.19. The van der Waals surface area contributed by atoms with Crippen LogP contribution in [0.5, 0.6) is 0 Å². The fourth-order valence-electron chi connectivity index (χ4n) is 1.08. The fraction of sp³-hybridized carbons (Fsp3) is 0.750. The molecule has 0 rings (SSSR count). The smallest absolute Gasteiger partial charge is 0.174 e. The number of carbonyl (C=O) groups excluding carboxylic acids is 2. The summed E-state index contributed by atoms with van der Waals surface area (Å²) in [6, 6.07) is 0. The van der Waals surface area contributed by atoms with Crippen molar-refractivity contribution in [3.63, 3.8) is 0 Å². The van der Waals surface area contributed by atoms with E-state index in [0.717, 1.165) is 6.92 Å². The molecule has 5 nitrogen and oxygen atoms in total. The molecular formula is C8H14O5. The van der Waals surface area contributed by atoms with Gasteiger partial charge in [0.2, 0.25) is 0 Å². The summed E-state index contributed by atoms with van der Waals surface area (Å²) >= 11 is 0. The molecule has 13 heavy (non-hydrogen) atoms. The number of aliphatic hydroxyl groups excluding tert-OH is 2. The first-order chi connectivity index (χ1) is 5.87. The summed E-state index contributed by atoms with van der Waals surface area (Å²) < 4.78 is 0. The van der Waals surface area contributed by atoms with Gasteiger partial charge in [0.05, 0.1) is 12.2 Å². The molecule has 0 saturated carbocycles. The first kappa shape index (κ1) is 12.2. The largest absolute Gasteiger partial charge is 0.390 e. The number of aldehydes is 1. The summed E-state index contributed by atoms with van der Waals surface area (Å²) in [5.41, 5.74) is -2.25. The Morgan fingerprint density at radius 1 is 1.54 bits per heavy atom. The lowest BCUT2D eigenvalue weighted by Gasteiger charge is -2.32. The molecule has 0 spiro atoms. The van der Waals surface area contributed by atoms with E-state index in [9.17, 15) is 19.8 Å². The van der Waals surface area contributed by atoms with Crippen molar-refractivity contribution in [1.29, 1.82) is 0 Å². The van der Waals surface area contributed by atoms with Gasteiger partial charge in [-0.2, -0.15) is 0 Å². The minimum absolute atomic E-state index is 0.376. The lowest BCUT2D eigenvalue weighted by Crippen LogP contribution is -2.56. The van der Waals surface area contributed by atoms with E-state index in [4.69, 9.17) is 5.11 Å². The topological polar surface area (TPSA) is 94.8 Å². The maximum Gasteiger partial charge on any atom is 0.174 e.